The molecule has 5 nitrogen and oxygen atoms in total. The molecule has 2 rings (SSSR count). The molecule has 0 spiro atoms. The van der Waals surface area contributed by atoms with Gasteiger partial charge in [0.2, 0.25) is 5.03 Å². The maximum atomic E-state index is 11.8. The lowest BCUT2D eigenvalue weighted by molar-refractivity contribution is 0.571. The lowest BCUT2D eigenvalue weighted by Crippen LogP contribution is -2.26. The Morgan fingerprint density at radius 3 is 2.75 bits per heavy atom. The quantitative estimate of drug-likeness (QED) is 0.882. The third kappa shape index (κ3) is 2.23. The number of rotatable bonds is 4. The van der Waals surface area contributed by atoms with Gasteiger partial charge in [0.25, 0.3) is 10.0 Å². The molecule has 1 saturated carbocycles. The number of aryl methyl sites for hydroxylation is 1. The summed E-state index contributed by atoms with van der Waals surface area (Å²) in [5, 5.41) is 0.0429. The summed E-state index contributed by atoms with van der Waals surface area (Å²) in [7, 11) is -1.91. The van der Waals surface area contributed by atoms with Gasteiger partial charge in [0.15, 0.2) is 0 Å². The van der Waals surface area contributed by atoms with Gasteiger partial charge in [-0.05, 0) is 18.3 Å². The van der Waals surface area contributed by atoms with Crippen LogP contribution in [0.1, 0.15) is 13.3 Å². The molecule has 16 heavy (non-hydrogen) atoms. The fourth-order valence-corrected chi connectivity index (χ4v) is 3.06. The number of sulfonamides is 1. The third-order valence-electron chi connectivity index (χ3n) is 2.90. The largest absolute Gasteiger partial charge is 0.324 e. The molecule has 0 amide bonds. The summed E-state index contributed by atoms with van der Waals surface area (Å²) in [6, 6.07) is 0. The van der Waals surface area contributed by atoms with Gasteiger partial charge in [0, 0.05) is 13.6 Å². The predicted octanol–water partition coefficient (Wildman–Crippen LogP) is 1.01. The molecule has 1 aliphatic rings. The van der Waals surface area contributed by atoms with E-state index in [1.807, 2.05) is 0 Å². The van der Waals surface area contributed by atoms with Crippen LogP contribution in [0.2, 0.25) is 5.15 Å². The van der Waals surface area contributed by atoms with Crippen molar-refractivity contribution in [3.8, 4) is 0 Å². The third-order valence-corrected chi connectivity index (χ3v) is 4.81. The number of hydrogen-bond donors (Lipinski definition) is 1. The first-order valence-electron chi connectivity index (χ1n) is 5.08. The van der Waals surface area contributed by atoms with E-state index in [0.29, 0.717) is 18.4 Å². The van der Waals surface area contributed by atoms with E-state index in [1.165, 1.54) is 10.9 Å². The smallest absolute Gasteiger partial charge is 0.261 e. The van der Waals surface area contributed by atoms with E-state index in [-0.39, 0.29) is 10.2 Å². The van der Waals surface area contributed by atoms with Gasteiger partial charge in [-0.1, -0.05) is 18.5 Å². The highest BCUT2D eigenvalue weighted by atomic mass is 35.5. The first-order valence-corrected chi connectivity index (χ1v) is 6.94. The Kier molecular flexibility index (Phi) is 2.98. The van der Waals surface area contributed by atoms with E-state index in [4.69, 9.17) is 11.6 Å². The summed E-state index contributed by atoms with van der Waals surface area (Å²) in [6.07, 6.45) is 2.47. The van der Waals surface area contributed by atoms with Crippen LogP contribution in [0.25, 0.3) is 0 Å². The van der Waals surface area contributed by atoms with Crippen LogP contribution in [0.5, 0.6) is 0 Å². The van der Waals surface area contributed by atoms with Crippen LogP contribution in [0.3, 0.4) is 0 Å². The van der Waals surface area contributed by atoms with Crippen LogP contribution in [0, 0.1) is 11.8 Å². The fraction of sp³-hybridized carbons (Fsp3) is 0.667. The fourth-order valence-electron chi connectivity index (χ4n) is 1.54. The van der Waals surface area contributed by atoms with Crippen molar-refractivity contribution in [3.63, 3.8) is 0 Å². The van der Waals surface area contributed by atoms with Crippen LogP contribution in [0.15, 0.2) is 11.4 Å². The number of imidazole rings is 1. The second-order valence-electron chi connectivity index (χ2n) is 4.28. The van der Waals surface area contributed by atoms with Crippen molar-refractivity contribution < 1.29 is 8.42 Å². The summed E-state index contributed by atoms with van der Waals surface area (Å²) in [4.78, 5) is 3.78. The zero-order chi connectivity index (χ0) is 11.9. The normalized spacial score (nSPS) is 24.7. The van der Waals surface area contributed by atoms with Crippen molar-refractivity contribution in [3.05, 3.63) is 11.5 Å². The average Bonchev–Trinajstić information content (AvgIpc) is 2.81. The van der Waals surface area contributed by atoms with Crippen LogP contribution in [-0.2, 0) is 17.1 Å². The van der Waals surface area contributed by atoms with E-state index < -0.39 is 10.0 Å². The van der Waals surface area contributed by atoms with Gasteiger partial charge in [-0.15, -0.1) is 0 Å². The van der Waals surface area contributed by atoms with Crippen molar-refractivity contribution >= 4 is 21.6 Å². The summed E-state index contributed by atoms with van der Waals surface area (Å²) in [5.74, 6) is 1.07. The molecule has 0 aromatic carbocycles. The maximum absolute atomic E-state index is 11.8. The minimum atomic E-state index is -3.56. The van der Waals surface area contributed by atoms with E-state index in [0.717, 1.165) is 6.42 Å². The minimum Gasteiger partial charge on any atom is -0.324 e. The van der Waals surface area contributed by atoms with E-state index in [2.05, 4.69) is 16.6 Å². The molecular formula is C9H14ClN3O2S. The van der Waals surface area contributed by atoms with Gasteiger partial charge in [0.1, 0.15) is 5.15 Å². The maximum Gasteiger partial charge on any atom is 0.261 e. The lowest BCUT2D eigenvalue weighted by atomic mass is 10.3. The molecule has 90 valence electrons. The monoisotopic (exact) mass is 263 g/mol. The highest BCUT2D eigenvalue weighted by molar-refractivity contribution is 7.89. The van der Waals surface area contributed by atoms with Gasteiger partial charge < -0.3 is 4.57 Å². The summed E-state index contributed by atoms with van der Waals surface area (Å²) in [6.45, 7) is 2.57. The molecule has 0 unspecified atom stereocenters. The topological polar surface area (TPSA) is 64.0 Å². The van der Waals surface area contributed by atoms with Gasteiger partial charge >= 0.3 is 0 Å². The zero-order valence-corrected chi connectivity index (χ0v) is 10.7. The average molecular weight is 264 g/mol. The highest BCUT2D eigenvalue weighted by Gasteiger charge is 2.34. The molecule has 0 saturated heterocycles. The molecule has 0 bridgehead atoms. The van der Waals surface area contributed by atoms with Crippen LogP contribution >= 0.6 is 11.6 Å². The van der Waals surface area contributed by atoms with E-state index in [1.54, 1.807) is 7.05 Å². The van der Waals surface area contributed by atoms with Crippen molar-refractivity contribution in [1.82, 2.24) is 14.3 Å². The Hall–Kier alpha value is -0.590. The number of nitrogens with one attached hydrogen (secondary N) is 1. The van der Waals surface area contributed by atoms with Gasteiger partial charge in [-0.2, -0.15) is 0 Å². The van der Waals surface area contributed by atoms with E-state index >= 15 is 0 Å². The van der Waals surface area contributed by atoms with Crippen molar-refractivity contribution in [2.75, 3.05) is 6.54 Å². The van der Waals surface area contributed by atoms with Gasteiger partial charge in [-0.25, -0.2) is 18.1 Å². The number of hydrogen-bond acceptors (Lipinski definition) is 3. The lowest BCUT2D eigenvalue weighted by Gasteiger charge is -2.03. The SMILES string of the molecule is C[C@H]1C[C@H]1CNS(=O)(=O)c1ncn(C)c1Cl. The molecule has 7 heteroatoms. The van der Waals surface area contributed by atoms with Gasteiger partial charge in [-0.3, -0.25) is 0 Å². The van der Waals surface area contributed by atoms with Crippen molar-refractivity contribution in [1.29, 1.82) is 0 Å². The Morgan fingerprint density at radius 2 is 2.31 bits per heavy atom. The molecule has 0 radical (unpaired) electrons. The minimum absolute atomic E-state index is 0.0926. The standard InChI is InChI=1S/C9H14ClN3O2S/c1-6-3-7(6)4-12-16(14,15)9-8(10)13(2)5-11-9/h5-7,12H,3-4H2,1-2H3/t6-,7-/m0/s1. The molecule has 1 aromatic rings. The number of nitrogens with zero attached hydrogens (tertiary/aromatic N) is 2. The second-order valence-corrected chi connectivity index (χ2v) is 6.32. The molecule has 1 N–H and O–H groups in total. The second kappa shape index (κ2) is 4.01. The van der Waals surface area contributed by atoms with E-state index in [9.17, 15) is 8.42 Å². The summed E-state index contributed by atoms with van der Waals surface area (Å²) < 4.78 is 27.7. The molecule has 2 atom stereocenters. The highest BCUT2D eigenvalue weighted by Crippen LogP contribution is 2.37. The molecular weight excluding hydrogens is 250 g/mol. The predicted molar refractivity (Wildman–Crippen MR) is 60.7 cm³/mol. The Bertz CT molecular complexity index is 497. The number of aromatic nitrogens is 2. The van der Waals surface area contributed by atoms with Crippen LogP contribution in [-0.4, -0.2) is 24.5 Å². The first kappa shape index (κ1) is 11.9. The molecule has 1 aromatic heterocycles. The summed E-state index contributed by atoms with van der Waals surface area (Å²) in [5.41, 5.74) is 0. The first-order chi connectivity index (χ1) is 7.42. The van der Waals surface area contributed by atoms with Gasteiger partial charge in [0.05, 0.1) is 6.33 Å². The Labute approximate surface area is 99.9 Å². The van der Waals surface area contributed by atoms with Crippen LogP contribution < -0.4 is 4.72 Å². The summed E-state index contributed by atoms with van der Waals surface area (Å²) >= 11 is 5.83. The van der Waals surface area contributed by atoms with Crippen LogP contribution in [0.4, 0.5) is 0 Å². The zero-order valence-electron chi connectivity index (χ0n) is 9.14. The van der Waals surface area contributed by atoms with Crippen molar-refractivity contribution in [2.24, 2.45) is 18.9 Å². The molecule has 1 fully saturated rings. The Balaban J connectivity index is 2.09. The Morgan fingerprint density at radius 1 is 1.69 bits per heavy atom. The molecule has 1 heterocycles. The molecule has 0 aliphatic heterocycles. The number of halogens is 1. The molecule has 1 aliphatic carbocycles. The van der Waals surface area contributed by atoms with Crippen molar-refractivity contribution in [2.45, 2.75) is 18.4 Å².